The number of carbonyl (C=O) groups is 2. The monoisotopic (exact) mass is 457 g/mol. The normalized spacial score (nSPS) is 10.4. The molecule has 142 valence electrons. The van der Waals surface area contributed by atoms with Gasteiger partial charge in [-0.3, -0.25) is 9.59 Å². The van der Waals surface area contributed by atoms with Gasteiger partial charge in [-0.05, 0) is 29.8 Å². The molecule has 1 aromatic heterocycles. The Labute approximate surface area is 176 Å². The van der Waals surface area contributed by atoms with Crippen LogP contribution in [0, 0.1) is 0 Å². The Morgan fingerprint density at radius 1 is 1.04 bits per heavy atom. The largest absolute Gasteiger partial charge is 0.366 e. The Balaban J connectivity index is 1.97. The summed E-state index contributed by atoms with van der Waals surface area (Å²) in [6.45, 7) is 1.94. The van der Waals surface area contributed by atoms with Crippen LogP contribution < -0.4 is 9.24 Å². The Morgan fingerprint density at radius 3 is 2.39 bits per heavy atom. The minimum absolute atomic E-state index is 0.123. The maximum absolute atomic E-state index is 13.1. The zero-order chi connectivity index (χ0) is 20.1. The molecule has 0 saturated heterocycles. The van der Waals surface area contributed by atoms with E-state index in [0.717, 1.165) is 5.56 Å². The molecule has 28 heavy (non-hydrogen) atoms. The molecule has 0 bridgehead atoms. The van der Waals surface area contributed by atoms with Gasteiger partial charge in [0.15, 0.2) is 0 Å². The van der Waals surface area contributed by atoms with E-state index in [0.29, 0.717) is 28.6 Å². The highest BCUT2D eigenvalue weighted by molar-refractivity contribution is 9.10. The summed E-state index contributed by atoms with van der Waals surface area (Å²) in [5.74, 6) is -0.123. The summed E-state index contributed by atoms with van der Waals surface area (Å²) < 4.78 is 1.21. The highest BCUT2D eigenvalue weighted by Gasteiger charge is 2.23. The van der Waals surface area contributed by atoms with E-state index in [1.807, 2.05) is 30.3 Å². The number of benzene rings is 2. The van der Waals surface area contributed by atoms with Crippen molar-refractivity contribution in [1.82, 2.24) is 4.98 Å². The number of anilines is 2. The lowest BCUT2D eigenvalue weighted by molar-refractivity contribution is -0.115. The molecule has 2 aromatic carbocycles. The highest BCUT2D eigenvalue weighted by atomic mass is 79.9. The van der Waals surface area contributed by atoms with Crippen LogP contribution in [0.2, 0.25) is 5.02 Å². The van der Waals surface area contributed by atoms with E-state index in [9.17, 15) is 9.59 Å². The van der Waals surface area contributed by atoms with Gasteiger partial charge in [-0.1, -0.05) is 54.1 Å². The van der Waals surface area contributed by atoms with Crippen molar-refractivity contribution in [3.63, 3.8) is 0 Å². The van der Waals surface area contributed by atoms with Gasteiger partial charge in [0.2, 0.25) is 11.7 Å². The second kappa shape index (κ2) is 8.99. The van der Waals surface area contributed by atoms with E-state index in [1.54, 1.807) is 36.4 Å². The van der Waals surface area contributed by atoms with Gasteiger partial charge in [0, 0.05) is 19.0 Å². The molecule has 0 saturated carbocycles. The Bertz CT molecular complexity index is 1010. The van der Waals surface area contributed by atoms with Crippen molar-refractivity contribution in [1.29, 1.82) is 0 Å². The van der Waals surface area contributed by atoms with Crippen LogP contribution in [-0.4, -0.2) is 16.7 Å². The van der Waals surface area contributed by atoms with Crippen molar-refractivity contribution in [2.75, 3.05) is 9.24 Å². The minimum Gasteiger partial charge on any atom is -0.366 e. The fourth-order valence-corrected chi connectivity index (χ4v) is 3.11. The second-order valence-corrected chi connectivity index (χ2v) is 7.13. The number of pyridine rings is 1. The zero-order valence-corrected chi connectivity index (χ0v) is 17.4. The van der Waals surface area contributed by atoms with Gasteiger partial charge in [-0.15, -0.1) is 0 Å². The summed E-state index contributed by atoms with van der Waals surface area (Å²) in [5.41, 5.74) is 1.88. The highest BCUT2D eigenvalue weighted by Crippen LogP contribution is 2.28. The van der Waals surface area contributed by atoms with Gasteiger partial charge in [-0.2, -0.15) is 0 Å². The number of hydrogen-bond acceptors (Lipinski definition) is 4. The topological polar surface area (TPSA) is 62.3 Å². The first-order valence-electron chi connectivity index (χ1n) is 8.52. The molecule has 0 radical (unpaired) electrons. The third-order valence-electron chi connectivity index (χ3n) is 4.01. The molecule has 0 atom stereocenters. The molecule has 1 heterocycles. The average molecular weight is 459 g/mol. The van der Waals surface area contributed by atoms with E-state index in [-0.39, 0.29) is 17.4 Å². The molecule has 0 unspecified atom stereocenters. The van der Waals surface area contributed by atoms with E-state index in [1.165, 1.54) is 10.8 Å². The van der Waals surface area contributed by atoms with E-state index >= 15 is 0 Å². The third-order valence-corrected chi connectivity index (χ3v) is 5.22. The van der Waals surface area contributed by atoms with Crippen molar-refractivity contribution < 1.29 is 9.59 Å². The molecular formula is C21H17BrClN3O2. The summed E-state index contributed by atoms with van der Waals surface area (Å²) in [4.78, 5) is 29.4. The van der Waals surface area contributed by atoms with Crippen molar-refractivity contribution in [3.8, 4) is 0 Å². The number of hydrogen-bond donors (Lipinski definition) is 1. The van der Waals surface area contributed by atoms with Crippen LogP contribution in [-0.2, 0) is 11.3 Å². The van der Waals surface area contributed by atoms with Gasteiger partial charge in [0.05, 0.1) is 26.9 Å². The molecule has 1 N–H and O–H groups in total. The SMILES string of the molecule is CC(=O)N(Br)c1ccc(NCc2ccccc2)nc1C(=O)c1ccccc1Cl. The lowest BCUT2D eigenvalue weighted by atomic mass is 10.1. The second-order valence-electron chi connectivity index (χ2n) is 6.01. The summed E-state index contributed by atoms with van der Waals surface area (Å²) in [7, 11) is 0. The average Bonchev–Trinajstić information content (AvgIpc) is 2.72. The fourth-order valence-electron chi connectivity index (χ4n) is 2.61. The number of aromatic nitrogens is 1. The van der Waals surface area contributed by atoms with Crippen LogP contribution in [0.5, 0.6) is 0 Å². The molecule has 3 aromatic rings. The molecule has 0 aliphatic heterocycles. The number of rotatable bonds is 6. The quantitative estimate of drug-likeness (QED) is 0.405. The van der Waals surface area contributed by atoms with Gasteiger partial charge < -0.3 is 5.32 Å². The molecule has 0 fully saturated rings. The maximum atomic E-state index is 13.1. The van der Waals surface area contributed by atoms with Crippen molar-refractivity contribution in [2.45, 2.75) is 13.5 Å². The van der Waals surface area contributed by atoms with Gasteiger partial charge >= 0.3 is 0 Å². The summed E-state index contributed by atoms with van der Waals surface area (Å²) in [6.07, 6.45) is 0. The first-order valence-corrected chi connectivity index (χ1v) is 9.60. The van der Waals surface area contributed by atoms with Gasteiger partial charge in [0.25, 0.3) is 0 Å². The molecule has 5 nitrogen and oxygen atoms in total. The lowest BCUT2D eigenvalue weighted by Crippen LogP contribution is -2.20. The van der Waals surface area contributed by atoms with E-state index in [2.05, 4.69) is 26.4 Å². The molecule has 1 amide bonds. The number of halogens is 2. The number of amides is 1. The van der Waals surface area contributed by atoms with Gasteiger partial charge in [0.1, 0.15) is 11.5 Å². The van der Waals surface area contributed by atoms with Crippen molar-refractivity contribution in [3.05, 3.63) is 88.6 Å². The molecular weight excluding hydrogens is 442 g/mol. The van der Waals surface area contributed by atoms with Crippen LogP contribution in [0.15, 0.2) is 66.7 Å². The molecule has 3 rings (SSSR count). The van der Waals surface area contributed by atoms with Crippen LogP contribution in [0.3, 0.4) is 0 Å². The number of nitrogens with one attached hydrogen (secondary N) is 1. The number of nitrogens with zero attached hydrogens (tertiary/aromatic N) is 2. The zero-order valence-electron chi connectivity index (χ0n) is 15.0. The van der Waals surface area contributed by atoms with Crippen LogP contribution in [0.1, 0.15) is 28.5 Å². The third kappa shape index (κ3) is 4.58. The Hall–Kier alpha value is -2.70. The predicted octanol–water partition coefficient (Wildman–Crippen LogP) is 5.24. The first-order chi connectivity index (χ1) is 13.5. The predicted molar refractivity (Wildman–Crippen MR) is 115 cm³/mol. The number of carbonyl (C=O) groups excluding carboxylic acids is 2. The van der Waals surface area contributed by atoms with Crippen LogP contribution in [0.4, 0.5) is 11.5 Å². The first kappa shape index (κ1) is 20.0. The van der Waals surface area contributed by atoms with Crippen molar-refractivity contribution >= 4 is 50.9 Å². The van der Waals surface area contributed by atoms with Crippen molar-refractivity contribution in [2.24, 2.45) is 0 Å². The van der Waals surface area contributed by atoms with E-state index in [4.69, 9.17) is 11.6 Å². The number of ketones is 1. The molecule has 0 aliphatic carbocycles. The Kier molecular flexibility index (Phi) is 6.44. The fraction of sp³-hybridized carbons (Fsp3) is 0.0952. The summed E-state index contributed by atoms with van der Waals surface area (Å²) in [5, 5.41) is 3.53. The van der Waals surface area contributed by atoms with Gasteiger partial charge in [-0.25, -0.2) is 8.91 Å². The Morgan fingerprint density at radius 2 is 1.71 bits per heavy atom. The van der Waals surface area contributed by atoms with Crippen LogP contribution in [0.25, 0.3) is 0 Å². The summed E-state index contributed by atoms with van der Waals surface area (Å²) >= 11 is 9.39. The standard InChI is InChI=1S/C21H17BrClN3O2/c1-14(27)26(22)18-11-12-19(24-13-15-7-3-2-4-8-15)25-20(18)21(28)16-9-5-6-10-17(16)23/h2-12H,13H2,1H3,(H,24,25). The lowest BCUT2D eigenvalue weighted by Gasteiger charge is -2.17. The molecule has 0 spiro atoms. The molecule has 0 aliphatic rings. The smallest absolute Gasteiger partial charge is 0.234 e. The summed E-state index contributed by atoms with van der Waals surface area (Å²) in [6, 6.07) is 20.0. The van der Waals surface area contributed by atoms with Crippen LogP contribution >= 0.6 is 27.7 Å². The van der Waals surface area contributed by atoms with E-state index < -0.39 is 0 Å². The minimum atomic E-state index is -0.366. The molecule has 7 heteroatoms. The maximum Gasteiger partial charge on any atom is 0.234 e.